The van der Waals surface area contributed by atoms with Crippen LogP contribution >= 0.6 is 23.4 Å². The number of allylic oxidation sites excluding steroid dienone is 3. The molecule has 2 heterocycles. The molecule has 0 radical (unpaired) electrons. The molecule has 0 unspecified atom stereocenters. The maximum atomic E-state index is 12.9. The Morgan fingerprint density at radius 1 is 1.35 bits per heavy atom. The highest BCUT2D eigenvalue weighted by atomic mass is 35.5. The van der Waals surface area contributed by atoms with Gasteiger partial charge in [-0.15, -0.1) is 11.8 Å². The van der Waals surface area contributed by atoms with Gasteiger partial charge in [0.05, 0.1) is 10.1 Å². The molecule has 0 saturated carbocycles. The van der Waals surface area contributed by atoms with Crippen molar-refractivity contribution in [2.75, 3.05) is 0 Å². The van der Waals surface area contributed by atoms with Gasteiger partial charge in [0.2, 0.25) is 0 Å². The first-order valence-electron chi connectivity index (χ1n) is 6.81. The summed E-state index contributed by atoms with van der Waals surface area (Å²) in [5.41, 5.74) is 0.679. The van der Waals surface area contributed by atoms with E-state index < -0.39 is 17.6 Å². The fourth-order valence-electron chi connectivity index (χ4n) is 1.96. The summed E-state index contributed by atoms with van der Waals surface area (Å²) in [6.45, 7) is 1.95. The Hall–Kier alpha value is -1.47. The quantitative estimate of drug-likeness (QED) is 0.801. The lowest BCUT2D eigenvalue weighted by Crippen LogP contribution is -2.11. The molecule has 1 aliphatic rings. The predicted molar refractivity (Wildman–Crippen MR) is 86.8 cm³/mol. The predicted octanol–water partition coefficient (Wildman–Crippen LogP) is 5.22. The third kappa shape index (κ3) is 4.75. The number of aliphatic imine (C=N–C) groups is 1. The van der Waals surface area contributed by atoms with Crippen LogP contribution in [0.2, 0.25) is 5.02 Å². The van der Waals surface area contributed by atoms with Crippen LogP contribution in [0.4, 0.5) is 13.2 Å². The van der Waals surface area contributed by atoms with Gasteiger partial charge in [-0.3, -0.25) is 4.98 Å². The molecule has 0 spiro atoms. The molecule has 0 saturated heterocycles. The van der Waals surface area contributed by atoms with Crippen LogP contribution in [0.1, 0.15) is 24.5 Å². The number of aromatic nitrogens is 1. The van der Waals surface area contributed by atoms with Gasteiger partial charge in [0, 0.05) is 30.6 Å². The van der Waals surface area contributed by atoms with Gasteiger partial charge in [0.1, 0.15) is 11.5 Å². The first-order valence-corrected chi connectivity index (χ1v) is 8.17. The Labute approximate surface area is 141 Å². The van der Waals surface area contributed by atoms with E-state index in [1.54, 1.807) is 6.20 Å². The van der Waals surface area contributed by atoms with E-state index in [1.807, 2.05) is 6.92 Å². The molecule has 0 aliphatic carbocycles. The summed E-state index contributed by atoms with van der Waals surface area (Å²) in [5, 5.41) is 10.2. The van der Waals surface area contributed by atoms with E-state index in [2.05, 4.69) is 9.98 Å². The number of halogens is 4. The highest BCUT2D eigenvalue weighted by Gasteiger charge is 2.35. The fourth-order valence-corrected chi connectivity index (χ4v) is 3.30. The molecule has 23 heavy (non-hydrogen) atoms. The van der Waals surface area contributed by atoms with Crippen LogP contribution in [-0.4, -0.2) is 21.3 Å². The molecule has 0 amide bonds. The molecular formula is C15H14ClF3N2OS. The highest BCUT2D eigenvalue weighted by Crippen LogP contribution is 2.32. The van der Waals surface area contributed by atoms with E-state index in [4.69, 9.17) is 11.6 Å². The van der Waals surface area contributed by atoms with Crippen molar-refractivity contribution < 1.29 is 18.3 Å². The number of alkyl halides is 3. The highest BCUT2D eigenvalue weighted by molar-refractivity contribution is 8.13. The van der Waals surface area contributed by atoms with Crippen LogP contribution in [-0.2, 0) is 12.2 Å². The van der Waals surface area contributed by atoms with Crippen LogP contribution < -0.4 is 0 Å². The molecule has 8 heteroatoms. The normalized spacial score (nSPS) is 15.6. The van der Waals surface area contributed by atoms with Crippen LogP contribution in [0.5, 0.6) is 0 Å². The second-order valence-corrected chi connectivity index (χ2v) is 6.22. The molecule has 0 bridgehead atoms. The van der Waals surface area contributed by atoms with Crippen molar-refractivity contribution in [3.8, 4) is 0 Å². The third-order valence-corrected chi connectivity index (χ3v) is 4.51. The lowest BCUT2D eigenvalue weighted by Gasteiger charge is -2.11. The Kier molecular flexibility index (Phi) is 5.75. The van der Waals surface area contributed by atoms with E-state index in [1.165, 1.54) is 24.0 Å². The van der Waals surface area contributed by atoms with Gasteiger partial charge in [-0.1, -0.05) is 18.5 Å². The molecular weight excluding hydrogens is 349 g/mol. The zero-order valence-corrected chi connectivity index (χ0v) is 13.8. The van der Waals surface area contributed by atoms with Crippen LogP contribution in [0.3, 0.4) is 0 Å². The molecule has 3 nitrogen and oxygen atoms in total. The van der Waals surface area contributed by atoms with Crippen molar-refractivity contribution in [3.63, 3.8) is 0 Å². The molecule has 1 N–H and O–H groups in total. The SMILES string of the molecule is CCc1cncc(Cl)c1CSC1=NC(C(F)(F)F)=CC(O)=CC1. The Morgan fingerprint density at radius 2 is 2.09 bits per heavy atom. The zero-order valence-electron chi connectivity index (χ0n) is 12.2. The molecule has 1 aromatic rings. The molecule has 0 atom stereocenters. The number of hydrogen-bond acceptors (Lipinski definition) is 4. The van der Waals surface area contributed by atoms with E-state index in [0.717, 1.165) is 17.5 Å². The Balaban J connectivity index is 2.21. The van der Waals surface area contributed by atoms with Gasteiger partial charge < -0.3 is 5.11 Å². The summed E-state index contributed by atoms with van der Waals surface area (Å²) in [7, 11) is 0. The fraction of sp³-hybridized carbons (Fsp3) is 0.333. The van der Waals surface area contributed by atoms with E-state index in [0.29, 0.717) is 16.9 Å². The maximum Gasteiger partial charge on any atom is 0.433 e. The van der Waals surface area contributed by atoms with Gasteiger partial charge in [0.15, 0.2) is 0 Å². The zero-order chi connectivity index (χ0) is 17.0. The average molecular weight is 363 g/mol. The second-order valence-electron chi connectivity index (χ2n) is 4.77. The molecule has 2 rings (SSSR count). The first-order chi connectivity index (χ1) is 10.8. The van der Waals surface area contributed by atoms with Crippen LogP contribution in [0, 0.1) is 0 Å². The Bertz CT molecular complexity index is 684. The van der Waals surface area contributed by atoms with E-state index >= 15 is 0 Å². The minimum atomic E-state index is -4.61. The molecule has 124 valence electrons. The Morgan fingerprint density at radius 3 is 2.74 bits per heavy atom. The summed E-state index contributed by atoms with van der Waals surface area (Å²) < 4.78 is 38.6. The van der Waals surface area contributed by atoms with E-state index in [9.17, 15) is 18.3 Å². The first kappa shape index (κ1) is 17.9. The summed E-state index contributed by atoms with van der Waals surface area (Å²) >= 11 is 7.29. The van der Waals surface area contributed by atoms with Crippen molar-refractivity contribution in [1.29, 1.82) is 0 Å². The molecule has 1 aliphatic heterocycles. The molecule has 0 aromatic carbocycles. The van der Waals surface area contributed by atoms with Gasteiger partial charge in [-0.25, -0.2) is 4.99 Å². The summed E-state index contributed by atoms with van der Waals surface area (Å²) in [5.74, 6) is -0.0452. The van der Waals surface area contributed by atoms with Crippen molar-refractivity contribution in [2.24, 2.45) is 4.99 Å². The number of hydrogen-bond donors (Lipinski definition) is 1. The number of aliphatic hydroxyl groups excluding tert-OH is 1. The summed E-state index contributed by atoms with van der Waals surface area (Å²) in [6.07, 6.45) is 1.40. The number of rotatable bonds is 3. The van der Waals surface area contributed by atoms with Gasteiger partial charge in [0.25, 0.3) is 0 Å². The number of pyridine rings is 1. The smallest absolute Gasteiger partial charge is 0.433 e. The minimum Gasteiger partial charge on any atom is -0.508 e. The second kappa shape index (κ2) is 7.40. The standard InChI is InChI=1S/C15H14ClF3N2OS/c1-2-9-6-20-7-12(16)11(9)8-23-14-4-3-10(22)5-13(21-14)15(17,18)19/h3,5-7,22H,2,4,8H2,1H3. The average Bonchev–Trinajstić information content (AvgIpc) is 2.67. The maximum absolute atomic E-state index is 12.9. The van der Waals surface area contributed by atoms with Crippen molar-refractivity contribution in [1.82, 2.24) is 4.98 Å². The van der Waals surface area contributed by atoms with Crippen molar-refractivity contribution in [3.05, 3.63) is 52.2 Å². The van der Waals surface area contributed by atoms with Gasteiger partial charge >= 0.3 is 6.18 Å². The number of nitrogens with zero attached hydrogens (tertiary/aromatic N) is 2. The monoisotopic (exact) mass is 362 g/mol. The number of aryl methyl sites for hydroxylation is 1. The van der Waals surface area contributed by atoms with Gasteiger partial charge in [-0.2, -0.15) is 13.2 Å². The lowest BCUT2D eigenvalue weighted by atomic mass is 10.1. The van der Waals surface area contributed by atoms with Crippen LogP contribution in [0.25, 0.3) is 0 Å². The third-order valence-electron chi connectivity index (χ3n) is 3.16. The molecule has 1 aromatic heterocycles. The van der Waals surface area contributed by atoms with Crippen LogP contribution in [0.15, 0.2) is 41.0 Å². The van der Waals surface area contributed by atoms with Crippen molar-refractivity contribution in [2.45, 2.75) is 31.7 Å². The summed E-state index contributed by atoms with van der Waals surface area (Å²) in [6, 6.07) is 0. The topological polar surface area (TPSA) is 45.5 Å². The number of thioether (sulfide) groups is 1. The lowest BCUT2D eigenvalue weighted by molar-refractivity contribution is -0.0924. The number of aliphatic hydroxyl groups is 1. The minimum absolute atomic E-state index is 0.136. The van der Waals surface area contributed by atoms with Crippen molar-refractivity contribution >= 4 is 28.4 Å². The van der Waals surface area contributed by atoms with E-state index in [-0.39, 0.29) is 11.5 Å². The largest absolute Gasteiger partial charge is 0.508 e. The summed E-state index contributed by atoms with van der Waals surface area (Å²) in [4.78, 5) is 7.65. The molecule has 0 fully saturated rings. The van der Waals surface area contributed by atoms with Gasteiger partial charge in [-0.05, 0) is 23.6 Å².